The van der Waals surface area contributed by atoms with E-state index in [0.29, 0.717) is 30.7 Å². The number of piperazine rings is 1. The van der Waals surface area contributed by atoms with Gasteiger partial charge in [0, 0.05) is 31.4 Å². The molecule has 0 aliphatic carbocycles. The summed E-state index contributed by atoms with van der Waals surface area (Å²) in [5.41, 5.74) is -0.387. The molecule has 0 spiro atoms. The van der Waals surface area contributed by atoms with Crippen LogP contribution in [-0.2, 0) is 0 Å². The second-order valence-corrected chi connectivity index (χ2v) is 6.50. The van der Waals surface area contributed by atoms with Crippen LogP contribution in [-0.4, -0.2) is 55.2 Å². The predicted octanol–water partition coefficient (Wildman–Crippen LogP) is 0.420. The number of aryl methyl sites for hydroxylation is 1. The van der Waals surface area contributed by atoms with Gasteiger partial charge in [-0.05, 0) is 33.8 Å². The van der Waals surface area contributed by atoms with Crippen LogP contribution in [0.3, 0.4) is 0 Å². The molecule has 0 amide bonds. The van der Waals surface area contributed by atoms with Crippen molar-refractivity contribution < 1.29 is 5.11 Å². The third kappa shape index (κ3) is 3.60. The fourth-order valence-corrected chi connectivity index (χ4v) is 3.24. The van der Waals surface area contributed by atoms with E-state index in [4.69, 9.17) is 0 Å². The topological polar surface area (TPSA) is 111 Å². The Balaban J connectivity index is 1.85. The van der Waals surface area contributed by atoms with Crippen LogP contribution in [0.25, 0.3) is 0 Å². The third-order valence-corrected chi connectivity index (χ3v) is 4.26. The standard InChI is InChI=1S/C16H23N7O2/c1-9-7-22(13-5-6-17-14(20-13)11(3)24)8-10(2)23(9)15-18-12(4)19-16(25)21-15/h5-6,9-11,24H,7-8H2,1-4H3,(H,18,19,21,25). The first kappa shape index (κ1) is 17.3. The summed E-state index contributed by atoms with van der Waals surface area (Å²) in [5, 5.41) is 9.69. The molecule has 9 nitrogen and oxygen atoms in total. The van der Waals surface area contributed by atoms with E-state index in [1.807, 2.05) is 6.07 Å². The minimum absolute atomic E-state index is 0.0925. The van der Waals surface area contributed by atoms with E-state index in [1.54, 1.807) is 20.0 Å². The van der Waals surface area contributed by atoms with Crippen molar-refractivity contribution in [1.29, 1.82) is 0 Å². The number of rotatable bonds is 3. The predicted molar refractivity (Wildman–Crippen MR) is 93.7 cm³/mol. The number of hydrogen-bond acceptors (Lipinski definition) is 8. The minimum Gasteiger partial charge on any atom is -0.385 e. The lowest BCUT2D eigenvalue weighted by molar-refractivity contribution is 0.189. The molecule has 25 heavy (non-hydrogen) atoms. The number of anilines is 2. The van der Waals surface area contributed by atoms with E-state index in [-0.39, 0.29) is 17.8 Å². The van der Waals surface area contributed by atoms with Gasteiger partial charge in [0.1, 0.15) is 17.7 Å². The highest BCUT2D eigenvalue weighted by Crippen LogP contribution is 2.24. The number of aromatic amines is 1. The molecule has 9 heteroatoms. The minimum atomic E-state index is -0.705. The Kier molecular flexibility index (Phi) is 4.67. The SMILES string of the molecule is Cc1nc(N2C(C)CN(c3ccnc(C(C)O)n3)CC2C)nc(=O)[nH]1. The molecule has 3 heterocycles. The summed E-state index contributed by atoms with van der Waals surface area (Å²) in [6, 6.07) is 2.03. The van der Waals surface area contributed by atoms with Gasteiger partial charge in [-0.15, -0.1) is 0 Å². The van der Waals surface area contributed by atoms with Crippen molar-refractivity contribution in [2.45, 2.75) is 45.9 Å². The van der Waals surface area contributed by atoms with E-state index in [2.05, 4.69) is 48.6 Å². The van der Waals surface area contributed by atoms with Gasteiger partial charge in [-0.1, -0.05) is 0 Å². The fourth-order valence-electron chi connectivity index (χ4n) is 3.24. The molecule has 3 rings (SSSR count). The van der Waals surface area contributed by atoms with E-state index in [9.17, 15) is 9.90 Å². The highest BCUT2D eigenvalue weighted by atomic mass is 16.3. The molecule has 1 saturated heterocycles. The van der Waals surface area contributed by atoms with E-state index in [1.165, 1.54) is 0 Å². The Morgan fingerprint density at radius 1 is 1.24 bits per heavy atom. The zero-order valence-electron chi connectivity index (χ0n) is 14.8. The number of nitrogens with one attached hydrogen (secondary N) is 1. The molecule has 0 bridgehead atoms. The molecule has 0 saturated carbocycles. The second-order valence-electron chi connectivity index (χ2n) is 6.50. The maximum Gasteiger partial charge on any atom is 0.349 e. The summed E-state index contributed by atoms with van der Waals surface area (Å²) in [5.74, 6) is 2.20. The van der Waals surface area contributed by atoms with Gasteiger partial charge in [0.05, 0.1) is 0 Å². The highest BCUT2D eigenvalue weighted by Gasteiger charge is 2.32. The Morgan fingerprint density at radius 3 is 2.52 bits per heavy atom. The van der Waals surface area contributed by atoms with Crippen LogP contribution in [0.15, 0.2) is 17.1 Å². The van der Waals surface area contributed by atoms with E-state index >= 15 is 0 Å². The van der Waals surface area contributed by atoms with Crippen molar-refractivity contribution in [3.05, 3.63) is 34.4 Å². The number of aliphatic hydroxyl groups excluding tert-OH is 1. The van der Waals surface area contributed by atoms with Crippen molar-refractivity contribution in [1.82, 2.24) is 24.9 Å². The molecule has 3 unspecified atom stereocenters. The van der Waals surface area contributed by atoms with E-state index < -0.39 is 6.10 Å². The Bertz CT molecular complexity index is 795. The number of hydrogen-bond donors (Lipinski definition) is 2. The first-order chi connectivity index (χ1) is 11.8. The maximum absolute atomic E-state index is 11.7. The van der Waals surface area contributed by atoms with Gasteiger partial charge >= 0.3 is 5.69 Å². The molecular formula is C16H23N7O2. The Hall–Kier alpha value is -2.55. The largest absolute Gasteiger partial charge is 0.385 e. The smallest absolute Gasteiger partial charge is 0.349 e. The molecule has 2 N–H and O–H groups in total. The van der Waals surface area contributed by atoms with Gasteiger partial charge in [-0.3, -0.25) is 4.98 Å². The lowest BCUT2D eigenvalue weighted by Crippen LogP contribution is -2.58. The number of aromatic nitrogens is 5. The van der Waals surface area contributed by atoms with Gasteiger partial charge in [-0.2, -0.15) is 9.97 Å². The van der Waals surface area contributed by atoms with Crippen molar-refractivity contribution >= 4 is 11.8 Å². The lowest BCUT2D eigenvalue weighted by atomic mass is 10.1. The fraction of sp³-hybridized carbons (Fsp3) is 0.562. The van der Waals surface area contributed by atoms with Crippen LogP contribution in [0.5, 0.6) is 0 Å². The Labute approximate surface area is 145 Å². The molecule has 1 aliphatic rings. The van der Waals surface area contributed by atoms with Gasteiger partial charge in [0.25, 0.3) is 0 Å². The van der Waals surface area contributed by atoms with Crippen molar-refractivity contribution in [3.8, 4) is 0 Å². The molecule has 2 aromatic rings. The monoisotopic (exact) mass is 345 g/mol. The maximum atomic E-state index is 11.7. The molecule has 0 radical (unpaired) electrons. The van der Waals surface area contributed by atoms with Gasteiger partial charge in [0.15, 0.2) is 5.82 Å². The first-order valence-corrected chi connectivity index (χ1v) is 8.34. The quantitative estimate of drug-likeness (QED) is 0.823. The first-order valence-electron chi connectivity index (χ1n) is 8.34. The van der Waals surface area contributed by atoms with Crippen molar-refractivity contribution in [2.24, 2.45) is 0 Å². The van der Waals surface area contributed by atoms with Gasteiger partial charge in [0.2, 0.25) is 5.95 Å². The molecular weight excluding hydrogens is 322 g/mol. The molecule has 3 atom stereocenters. The van der Waals surface area contributed by atoms with Crippen LogP contribution in [0.1, 0.15) is 38.5 Å². The lowest BCUT2D eigenvalue weighted by Gasteiger charge is -2.44. The molecule has 1 fully saturated rings. The van der Waals surface area contributed by atoms with Crippen LogP contribution in [0.4, 0.5) is 11.8 Å². The molecule has 1 aliphatic heterocycles. The summed E-state index contributed by atoms with van der Waals surface area (Å²) >= 11 is 0. The molecule has 0 aromatic carbocycles. The van der Waals surface area contributed by atoms with E-state index in [0.717, 1.165) is 5.82 Å². The number of nitrogens with zero attached hydrogens (tertiary/aromatic N) is 6. The normalized spacial score (nSPS) is 22.1. The average Bonchev–Trinajstić information content (AvgIpc) is 2.53. The molecule has 134 valence electrons. The second kappa shape index (κ2) is 6.75. The third-order valence-electron chi connectivity index (χ3n) is 4.26. The Morgan fingerprint density at radius 2 is 1.92 bits per heavy atom. The summed E-state index contributed by atoms with van der Waals surface area (Å²) < 4.78 is 0. The number of aliphatic hydroxyl groups is 1. The van der Waals surface area contributed by atoms with Crippen LogP contribution >= 0.6 is 0 Å². The average molecular weight is 345 g/mol. The summed E-state index contributed by atoms with van der Waals surface area (Å²) in [6.45, 7) is 8.94. The highest BCUT2D eigenvalue weighted by molar-refractivity contribution is 5.44. The van der Waals surface area contributed by atoms with Crippen LogP contribution < -0.4 is 15.5 Å². The van der Waals surface area contributed by atoms with Gasteiger partial charge < -0.3 is 14.9 Å². The number of H-pyrrole nitrogens is 1. The van der Waals surface area contributed by atoms with Crippen LogP contribution in [0, 0.1) is 6.92 Å². The molecule has 2 aromatic heterocycles. The summed E-state index contributed by atoms with van der Waals surface area (Å²) in [4.78, 5) is 35.4. The van der Waals surface area contributed by atoms with Gasteiger partial charge in [-0.25, -0.2) is 14.8 Å². The summed E-state index contributed by atoms with van der Waals surface area (Å²) in [6.07, 6.45) is 0.957. The van der Waals surface area contributed by atoms with Crippen molar-refractivity contribution in [3.63, 3.8) is 0 Å². The summed E-state index contributed by atoms with van der Waals surface area (Å²) in [7, 11) is 0. The van der Waals surface area contributed by atoms with Crippen LogP contribution in [0.2, 0.25) is 0 Å². The van der Waals surface area contributed by atoms with Crippen molar-refractivity contribution in [2.75, 3.05) is 22.9 Å². The zero-order chi connectivity index (χ0) is 18.1. The zero-order valence-corrected chi connectivity index (χ0v) is 14.8.